The second-order valence-corrected chi connectivity index (χ2v) is 7.07. The van der Waals surface area contributed by atoms with Gasteiger partial charge in [0.05, 0.1) is 10.6 Å². The van der Waals surface area contributed by atoms with E-state index in [0.717, 1.165) is 4.90 Å². The van der Waals surface area contributed by atoms with Crippen LogP contribution in [0.1, 0.15) is 16.8 Å². The van der Waals surface area contributed by atoms with Crippen LogP contribution in [0.2, 0.25) is 5.02 Å². The van der Waals surface area contributed by atoms with Gasteiger partial charge < -0.3 is 15.4 Å². The standard InChI is InChI=1S/C17H20ClN3O5S/c1-27-9-6-13(20-15(23)11-4-2-3-5-12(11)18)16(24)26-10-14(22)21-8-7-19-17(21)25/h2-5,13H,6-10H2,1H3,(H,19,25)(H,20,23)/t13-/m0/s1. The Morgan fingerprint density at radius 1 is 1.37 bits per heavy atom. The van der Waals surface area contributed by atoms with Crippen LogP contribution in [-0.4, -0.2) is 66.5 Å². The molecule has 0 bridgehead atoms. The molecular weight excluding hydrogens is 394 g/mol. The van der Waals surface area contributed by atoms with Gasteiger partial charge in [0, 0.05) is 13.1 Å². The summed E-state index contributed by atoms with van der Waals surface area (Å²) in [5, 5.41) is 5.35. The average molecular weight is 414 g/mol. The number of carbonyl (C=O) groups excluding carboxylic acids is 4. The van der Waals surface area contributed by atoms with Gasteiger partial charge in [0.1, 0.15) is 6.04 Å². The number of ether oxygens (including phenoxy) is 1. The van der Waals surface area contributed by atoms with Crippen molar-refractivity contribution in [2.75, 3.05) is 31.7 Å². The van der Waals surface area contributed by atoms with Crippen LogP contribution in [0.25, 0.3) is 0 Å². The van der Waals surface area contributed by atoms with Crippen LogP contribution in [0.5, 0.6) is 0 Å². The zero-order valence-electron chi connectivity index (χ0n) is 14.7. The predicted molar refractivity (Wildman–Crippen MR) is 102 cm³/mol. The molecule has 0 unspecified atom stereocenters. The molecule has 1 saturated heterocycles. The maximum Gasteiger partial charge on any atom is 0.329 e. The molecular formula is C17H20ClN3O5S. The van der Waals surface area contributed by atoms with Crippen LogP contribution in [0.15, 0.2) is 24.3 Å². The van der Waals surface area contributed by atoms with Gasteiger partial charge in [-0.2, -0.15) is 11.8 Å². The summed E-state index contributed by atoms with van der Waals surface area (Å²) in [4.78, 5) is 49.1. The number of nitrogens with one attached hydrogen (secondary N) is 2. The summed E-state index contributed by atoms with van der Waals surface area (Å²) in [6, 6.07) is 5.03. The largest absolute Gasteiger partial charge is 0.454 e. The number of benzene rings is 1. The van der Waals surface area contributed by atoms with Crippen molar-refractivity contribution in [3.8, 4) is 0 Å². The number of carbonyl (C=O) groups is 4. The quantitative estimate of drug-likeness (QED) is 0.622. The number of urea groups is 1. The van der Waals surface area contributed by atoms with Crippen molar-refractivity contribution in [3.05, 3.63) is 34.9 Å². The lowest BCUT2D eigenvalue weighted by atomic mass is 10.1. The second-order valence-electron chi connectivity index (χ2n) is 5.67. The minimum atomic E-state index is -0.929. The van der Waals surface area contributed by atoms with Crippen LogP contribution in [-0.2, 0) is 14.3 Å². The van der Waals surface area contributed by atoms with Gasteiger partial charge in [0.15, 0.2) is 6.61 Å². The van der Waals surface area contributed by atoms with Crippen LogP contribution in [0.3, 0.4) is 0 Å². The summed E-state index contributed by atoms with van der Waals surface area (Å²) >= 11 is 7.51. The molecule has 2 N–H and O–H groups in total. The lowest BCUT2D eigenvalue weighted by Gasteiger charge is -2.18. The number of esters is 1. The van der Waals surface area contributed by atoms with Crippen LogP contribution >= 0.6 is 23.4 Å². The molecule has 1 aliphatic rings. The van der Waals surface area contributed by atoms with Crippen molar-refractivity contribution >= 4 is 47.2 Å². The summed E-state index contributed by atoms with van der Waals surface area (Å²) in [6.07, 6.45) is 2.20. The third kappa shape index (κ3) is 5.86. The number of amides is 4. The van der Waals surface area contributed by atoms with Crippen LogP contribution < -0.4 is 10.6 Å². The number of nitrogens with zero attached hydrogens (tertiary/aromatic N) is 1. The third-order valence-electron chi connectivity index (χ3n) is 3.81. The molecule has 0 saturated carbocycles. The van der Waals surface area contributed by atoms with Gasteiger partial charge in [-0.3, -0.25) is 14.5 Å². The highest BCUT2D eigenvalue weighted by molar-refractivity contribution is 7.98. The molecule has 2 rings (SSSR count). The fourth-order valence-corrected chi connectivity index (χ4v) is 3.08. The van der Waals surface area contributed by atoms with Gasteiger partial charge in [-0.15, -0.1) is 0 Å². The summed E-state index contributed by atoms with van der Waals surface area (Å²) in [5.74, 6) is -1.25. The van der Waals surface area contributed by atoms with Gasteiger partial charge in [-0.05, 0) is 30.6 Å². The van der Waals surface area contributed by atoms with Crippen molar-refractivity contribution in [1.29, 1.82) is 0 Å². The molecule has 1 heterocycles. The first-order chi connectivity index (χ1) is 12.9. The van der Waals surface area contributed by atoms with Gasteiger partial charge in [0.25, 0.3) is 11.8 Å². The second kappa shape index (κ2) is 10.2. The topological polar surface area (TPSA) is 105 Å². The Hall–Kier alpha value is -2.26. The lowest BCUT2D eigenvalue weighted by molar-refractivity contribution is -0.152. The first-order valence-electron chi connectivity index (χ1n) is 8.23. The Morgan fingerprint density at radius 2 is 2.11 bits per heavy atom. The van der Waals surface area contributed by atoms with Crippen LogP contribution in [0, 0.1) is 0 Å². The van der Waals surface area contributed by atoms with Crippen LogP contribution in [0.4, 0.5) is 4.79 Å². The minimum absolute atomic E-state index is 0.231. The predicted octanol–water partition coefficient (Wildman–Crippen LogP) is 1.29. The third-order valence-corrected chi connectivity index (χ3v) is 4.79. The first kappa shape index (κ1) is 21.0. The highest BCUT2D eigenvalue weighted by Crippen LogP contribution is 2.15. The van der Waals surface area contributed by atoms with E-state index in [-0.39, 0.29) is 17.1 Å². The lowest BCUT2D eigenvalue weighted by Crippen LogP contribution is -2.44. The van der Waals surface area contributed by atoms with E-state index in [2.05, 4.69) is 10.6 Å². The Kier molecular flexibility index (Phi) is 7.93. The van der Waals surface area contributed by atoms with E-state index >= 15 is 0 Å². The van der Waals surface area contributed by atoms with E-state index in [1.54, 1.807) is 24.3 Å². The van der Waals surface area contributed by atoms with Gasteiger partial charge in [-0.1, -0.05) is 23.7 Å². The number of imide groups is 1. The summed E-state index contributed by atoms with van der Waals surface area (Å²) < 4.78 is 5.02. The Balaban J connectivity index is 1.96. The molecule has 1 fully saturated rings. The molecule has 146 valence electrons. The summed E-state index contributed by atoms with van der Waals surface area (Å²) in [6.45, 7) is 0.0289. The Morgan fingerprint density at radius 3 is 2.74 bits per heavy atom. The molecule has 8 nitrogen and oxygen atoms in total. The normalized spacial score (nSPS) is 14.4. The molecule has 0 aliphatic carbocycles. The number of rotatable bonds is 8. The van der Waals surface area contributed by atoms with Crippen molar-refractivity contribution in [1.82, 2.24) is 15.5 Å². The minimum Gasteiger partial charge on any atom is -0.454 e. The first-order valence-corrected chi connectivity index (χ1v) is 10.0. The molecule has 0 radical (unpaired) electrons. The number of thioether (sulfide) groups is 1. The van der Waals surface area contributed by atoms with E-state index in [1.807, 2.05) is 6.26 Å². The Bertz CT molecular complexity index is 730. The molecule has 4 amide bonds. The van der Waals surface area contributed by atoms with E-state index < -0.39 is 36.5 Å². The van der Waals surface area contributed by atoms with Crippen molar-refractivity contribution in [2.24, 2.45) is 0 Å². The maximum atomic E-state index is 12.4. The van der Waals surface area contributed by atoms with E-state index in [9.17, 15) is 19.2 Å². The number of hydrogen-bond donors (Lipinski definition) is 2. The molecule has 0 aromatic heterocycles. The summed E-state index contributed by atoms with van der Waals surface area (Å²) in [7, 11) is 0. The van der Waals surface area contributed by atoms with Crippen molar-refractivity contribution in [2.45, 2.75) is 12.5 Å². The molecule has 1 aromatic rings. The smallest absolute Gasteiger partial charge is 0.329 e. The van der Waals surface area contributed by atoms with Gasteiger partial charge in [-0.25, -0.2) is 9.59 Å². The molecule has 10 heteroatoms. The molecule has 1 aliphatic heterocycles. The fraction of sp³-hybridized carbons (Fsp3) is 0.412. The van der Waals surface area contributed by atoms with E-state index in [4.69, 9.17) is 16.3 Å². The Labute approximate surface area is 165 Å². The zero-order chi connectivity index (χ0) is 19.8. The van der Waals surface area contributed by atoms with E-state index in [0.29, 0.717) is 18.7 Å². The maximum absolute atomic E-state index is 12.4. The average Bonchev–Trinajstić information content (AvgIpc) is 3.09. The number of halogens is 1. The fourth-order valence-electron chi connectivity index (χ4n) is 2.39. The van der Waals surface area contributed by atoms with Gasteiger partial charge >= 0.3 is 12.0 Å². The number of hydrogen-bond acceptors (Lipinski definition) is 6. The molecule has 1 atom stereocenters. The SMILES string of the molecule is CSCC[C@H](NC(=O)c1ccccc1Cl)C(=O)OCC(=O)N1CCNC1=O. The monoisotopic (exact) mass is 413 g/mol. The molecule has 0 spiro atoms. The molecule has 1 aromatic carbocycles. The highest BCUT2D eigenvalue weighted by atomic mass is 35.5. The van der Waals surface area contributed by atoms with E-state index in [1.165, 1.54) is 11.8 Å². The van der Waals surface area contributed by atoms with Crippen molar-refractivity contribution in [3.63, 3.8) is 0 Å². The highest BCUT2D eigenvalue weighted by Gasteiger charge is 2.29. The van der Waals surface area contributed by atoms with Crippen molar-refractivity contribution < 1.29 is 23.9 Å². The molecule has 27 heavy (non-hydrogen) atoms. The zero-order valence-corrected chi connectivity index (χ0v) is 16.3. The summed E-state index contributed by atoms with van der Waals surface area (Å²) in [5.41, 5.74) is 0.242. The van der Waals surface area contributed by atoms with Gasteiger partial charge in [0.2, 0.25) is 0 Å².